The van der Waals surface area contributed by atoms with Crippen LogP contribution in [0.2, 0.25) is 5.02 Å². The third-order valence-corrected chi connectivity index (χ3v) is 5.35. The smallest absolute Gasteiger partial charge is 0.272 e. The normalized spacial score (nSPS) is 17.5. The lowest BCUT2D eigenvalue weighted by Gasteiger charge is -2.36. The van der Waals surface area contributed by atoms with E-state index < -0.39 is 0 Å². The summed E-state index contributed by atoms with van der Waals surface area (Å²) in [5, 5.41) is 0.744. The minimum atomic E-state index is 0.0138. The maximum absolute atomic E-state index is 12.9. The van der Waals surface area contributed by atoms with E-state index in [1.165, 1.54) is 5.56 Å². The van der Waals surface area contributed by atoms with E-state index in [9.17, 15) is 4.79 Å². The van der Waals surface area contributed by atoms with Crippen molar-refractivity contribution in [1.82, 2.24) is 14.9 Å². The predicted octanol–water partition coefficient (Wildman–Crippen LogP) is 3.59. The highest BCUT2D eigenvalue weighted by atomic mass is 35.5. The van der Waals surface area contributed by atoms with Crippen molar-refractivity contribution < 1.29 is 4.79 Å². The minimum absolute atomic E-state index is 0.0138. The molecule has 1 aliphatic heterocycles. The molecule has 136 valence electrons. The van der Waals surface area contributed by atoms with Crippen LogP contribution in [0, 0.1) is 13.8 Å². The number of piperazine rings is 1. The second-order valence-corrected chi connectivity index (χ2v) is 7.67. The molecule has 1 saturated carbocycles. The van der Waals surface area contributed by atoms with Crippen LogP contribution in [-0.2, 0) is 0 Å². The largest absolute Gasteiger partial charge is 0.368 e. The highest BCUT2D eigenvalue weighted by Crippen LogP contribution is 2.38. The Kier molecular flexibility index (Phi) is 4.57. The van der Waals surface area contributed by atoms with Crippen LogP contribution in [0.5, 0.6) is 0 Å². The van der Waals surface area contributed by atoms with Crippen LogP contribution < -0.4 is 4.90 Å². The summed E-state index contributed by atoms with van der Waals surface area (Å²) in [5.74, 6) is 1.30. The van der Waals surface area contributed by atoms with Crippen LogP contribution >= 0.6 is 11.6 Å². The second-order valence-electron chi connectivity index (χ2n) is 7.24. The van der Waals surface area contributed by atoms with Gasteiger partial charge in [-0.15, -0.1) is 0 Å². The molecule has 26 heavy (non-hydrogen) atoms. The maximum Gasteiger partial charge on any atom is 0.272 e. The summed E-state index contributed by atoms with van der Waals surface area (Å²) in [7, 11) is 0. The first-order valence-electron chi connectivity index (χ1n) is 9.17. The fourth-order valence-electron chi connectivity index (χ4n) is 3.46. The molecule has 5 nitrogen and oxygen atoms in total. The number of carbonyl (C=O) groups excluding carboxylic acids is 1. The molecule has 0 spiro atoms. The molecule has 1 aromatic carbocycles. The van der Waals surface area contributed by atoms with E-state index in [0.29, 0.717) is 24.7 Å². The lowest BCUT2D eigenvalue weighted by molar-refractivity contribution is 0.0740. The van der Waals surface area contributed by atoms with Gasteiger partial charge in [0.25, 0.3) is 5.91 Å². The highest BCUT2D eigenvalue weighted by Gasteiger charge is 2.29. The first kappa shape index (κ1) is 17.3. The number of hydrogen-bond donors (Lipinski definition) is 0. The zero-order chi connectivity index (χ0) is 18.3. The molecular weight excluding hydrogens is 348 g/mol. The van der Waals surface area contributed by atoms with Gasteiger partial charge in [0, 0.05) is 48.5 Å². The Morgan fingerprint density at radius 2 is 1.81 bits per heavy atom. The number of halogens is 1. The summed E-state index contributed by atoms with van der Waals surface area (Å²) < 4.78 is 0. The zero-order valence-electron chi connectivity index (χ0n) is 15.2. The molecule has 2 aromatic rings. The Balaban J connectivity index is 1.46. The molecule has 1 aromatic heterocycles. The number of carbonyl (C=O) groups is 1. The third-order valence-electron chi connectivity index (χ3n) is 5.11. The van der Waals surface area contributed by atoms with E-state index in [0.717, 1.165) is 48.2 Å². The van der Waals surface area contributed by atoms with Gasteiger partial charge < -0.3 is 9.80 Å². The maximum atomic E-state index is 12.9. The zero-order valence-corrected chi connectivity index (χ0v) is 16.0. The number of aromatic nitrogens is 2. The van der Waals surface area contributed by atoms with Gasteiger partial charge in [-0.2, -0.15) is 0 Å². The van der Waals surface area contributed by atoms with Crippen LogP contribution in [0.1, 0.15) is 46.3 Å². The Hall–Kier alpha value is -2.14. The van der Waals surface area contributed by atoms with E-state index in [1.54, 1.807) is 0 Å². The number of amides is 1. The van der Waals surface area contributed by atoms with Crippen molar-refractivity contribution in [1.29, 1.82) is 0 Å². The molecule has 1 saturated heterocycles. The Morgan fingerprint density at radius 3 is 2.50 bits per heavy atom. The van der Waals surface area contributed by atoms with Crippen molar-refractivity contribution in [3.8, 4) is 0 Å². The molecule has 2 aliphatic rings. The van der Waals surface area contributed by atoms with E-state index in [1.807, 2.05) is 36.1 Å². The standard InChI is InChI=1S/C20H23ClN4O/c1-13-3-6-16(21)12-18(13)24-7-9-25(10-8-24)20(26)17-11-14(2)22-19(23-17)15-4-5-15/h3,6,11-12,15H,4-5,7-10H2,1-2H3. The van der Waals surface area contributed by atoms with Crippen molar-refractivity contribution in [2.24, 2.45) is 0 Å². The molecular formula is C20H23ClN4O. The van der Waals surface area contributed by atoms with Crippen molar-refractivity contribution in [2.75, 3.05) is 31.1 Å². The Bertz CT molecular complexity index is 842. The van der Waals surface area contributed by atoms with Crippen LogP contribution in [0.15, 0.2) is 24.3 Å². The van der Waals surface area contributed by atoms with Gasteiger partial charge in [0.05, 0.1) is 0 Å². The average Bonchev–Trinajstić information content (AvgIpc) is 3.48. The average molecular weight is 371 g/mol. The molecule has 6 heteroatoms. The third kappa shape index (κ3) is 3.54. The summed E-state index contributed by atoms with van der Waals surface area (Å²) in [6.45, 7) is 6.99. The van der Waals surface area contributed by atoms with Gasteiger partial charge >= 0.3 is 0 Å². The quantitative estimate of drug-likeness (QED) is 0.828. The summed E-state index contributed by atoms with van der Waals surface area (Å²) >= 11 is 6.15. The fraction of sp³-hybridized carbons (Fsp3) is 0.450. The Morgan fingerprint density at radius 1 is 1.08 bits per heavy atom. The molecule has 2 fully saturated rings. The number of rotatable bonds is 3. The highest BCUT2D eigenvalue weighted by molar-refractivity contribution is 6.30. The van der Waals surface area contributed by atoms with Crippen LogP contribution in [0.3, 0.4) is 0 Å². The monoisotopic (exact) mass is 370 g/mol. The molecule has 1 amide bonds. The number of aryl methyl sites for hydroxylation is 2. The van der Waals surface area contributed by atoms with Crippen LogP contribution in [-0.4, -0.2) is 47.0 Å². The lowest BCUT2D eigenvalue weighted by Crippen LogP contribution is -2.49. The van der Waals surface area contributed by atoms with Crippen molar-refractivity contribution >= 4 is 23.2 Å². The first-order valence-corrected chi connectivity index (χ1v) is 9.55. The van der Waals surface area contributed by atoms with Crippen LogP contribution in [0.4, 0.5) is 5.69 Å². The molecule has 0 unspecified atom stereocenters. The summed E-state index contributed by atoms with van der Waals surface area (Å²) in [6.07, 6.45) is 2.27. The van der Waals surface area contributed by atoms with Gasteiger partial charge in [-0.1, -0.05) is 17.7 Å². The topological polar surface area (TPSA) is 49.3 Å². The predicted molar refractivity (Wildman–Crippen MR) is 103 cm³/mol. The fourth-order valence-corrected chi connectivity index (χ4v) is 3.63. The summed E-state index contributed by atoms with van der Waals surface area (Å²) in [4.78, 5) is 26.1. The SMILES string of the molecule is Cc1cc(C(=O)N2CCN(c3cc(Cl)ccc3C)CC2)nc(C2CC2)n1. The minimum Gasteiger partial charge on any atom is -0.368 e. The van der Waals surface area contributed by atoms with Gasteiger partial charge in [0.1, 0.15) is 11.5 Å². The molecule has 0 bridgehead atoms. The second kappa shape index (κ2) is 6.88. The number of anilines is 1. The lowest BCUT2D eigenvalue weighted by atomic mass is 10.1. The van der Waals surface area contributed by atoms with Gasteiger partial charge in [-0.3, -0.25) is 4.79 Å². The first-order chi connectivity index (χ1) is 12.5. The van der Waals surface area contributed by atoms with Crippen molar-refractivity contribution in [3.63, 3.8) is 0 Å². The molecule has 0 atom stereocenters. The Labute approximate surface area is 159 Å². The van der Waals surface area contributed by atoms with Crippen molar-refractivity contribution in [3.05, 3.63) is 52.1 Å². The molecule has 2 heterocycles. The van der Waals surface area contributed by atoms with E-state index in [2.05, 4.69) is 21.8 Å². The van der Waals surface area contributed by atoms with Gasteiger partial charge in [0.2, 0.25) is 0 Å². The number of nitrogens with zero attached hydrogens (tertiary/aromatic N) is 4. The van der Waals surface area contributed by atoms with Gasteiger partial charge in [0.15, 0.2) is 0 Å². The number of benzene rings is 1. The van der Waals surface area contributed by atoms with Crippen molar-refractivity contribution in [2.45, 2.75) is 32.6 Å². The molecule has 4 rings (SSSR count). The van der Waals surface area contributed by atoms with Gasteiger partial charge in [-0.25, -0.2) is 9.97 Å². The molecule has 1 aliphatic carbocycles. The molecule has 0 radical (unpaired) electrons. The number of hydrogen-bond acceptors (Lipinski definition) is 4. The van der Waals surface area contributed by atoms with E-state index in [4.69, 9.17) is 11.6 Å². The van der Waals surface area contributed by atoms with Crippen LogP contribution in [0.25, 0.3) is 0 Å². The summed E-state index contributed by atoms with van der Waals surface area (Å²) in [6, 6.07) is 7.76. The summed E-state index contributed by atoms with van der Waals surface area (Å²) in [5.41, 5.74) is 3.76. The van der Waals surface area contributed by atoms with E-state index in [-0.39, 0.29) is 5.91 Å². The molecule has 0 N–H and O–H groups in total. The van der Waals surface area contributed by atoms with Gasteiger partial charge in [-0.05, 0) is 50.5 Å². The van der Waals surface area contributed by atoms with E-state index >= 15 is 0 Å².